The number of rotatable bonds is 1. The van der Waals surface area contributed by atoms with Gasteiger partial charge in [0.15, 0.2) is 11.5 Å². The SMILES string of the molecule is CC(C)(C)c1ccc(Cl)c(OC(=O)O)c1O. The quantitative estimate of drug-likeness (QED) is 0.587. The van der Waals surface area contributed by atoms with E-state index in [9.17, 15) is 9.90 Å². The van der Waals surface area contributed by atoms with Crippen LogP contribution in [0.5, 0.6) is 11.5 Å². The number of carboxylic acid groups (broad SMARTS) is 1. The number of phenols is 1. The molecule has 0 saturated carbocycles. The fraction of sp³-hybridized carbons (Fsp3) is 0.364. The molecule has 1 rings (SSSR count). The number of ether oxygens (including phenoxy) is 1. The zero-order valence-corrected chi connectivity index (χ0v) is 10.00. The van der Waals surface area contributed by atoms with Gasteiger partial charge in [0.1, 0.15) is 0 Å². The molecule has 0 spiro atoms. The van der Waals surface area contributed by atoms with Gasteiger partial charge in [-0.05, 0) is 11.5 Å². The minimum atomic E-state index is -1.51. The van der Waals surface area contributed by atoms with E-state index in [2.05, 4.69) is 4.74 Å². The summed E-state index contributed by atoms with van der Waals surface area (Å²) in [4.78, 5) is 10.4. The first-order valence-electron chi connectivity index (χ1n) is 4.66. The normalized spacial score (nSPS) is 11.2. The first-order chi connectivity index (χ1) is 7.23. The van der Waals surface area contributed by atoms with Gasteiger partial charge in [-0.1, -0.05) is 38.4 Å². The van der Waals surface area contributed by atoms with Crippen molar-refractivity contribution in [3.8, 4) is 11.5 Å². The summed E-state index contributed by atoms with van der Waals surface area (Å²) in [6.45, 7) is 5.67. The van der Waals surface area contributed by atoms with Crippen LogP contribution in [0.15, 0.2) is 12.1 Å². The fourth-order valence-corrected chi connectivity index (χ4v) is 1.53. The molecule has 0 aliphatic carbocycles. The van der Waals surface area contributed by atoms with Gasteiger partial charge in [-0.3, -0.25) is 0 Å². The average molecular weight is 245 g/mol. The van der Waals surface area contributed by atoms with Crippen molar-refractivity contribution in [2.45, 2.75) is 26.2 Å². The van der Waals surface area contributed by atoms with Crippen molar-refractivity contribution in [3.05, 3.63) is 22.7 Å². The molecule has 1 aromatic rings. The van der Waals surface area contributed by atoms with Crippen LogP contribution in [0.2, 0.25) is 5.02 Å². The first kappa shape index (κ1) is 12.6. The third-order valence-electron chi connectivity index (χ3n) is 2.08. The zero-order chi connectivity index (χ0) is 12.5. The van der Waals surface area contributed by atoms with Gasteiger partial charge in [-0.25, -0.2) is 4.79 Å². The number of hydrogen-bond donors (Lipinski definition) is 2. The maximum Gasteiger partial charge on any atom is 0.511 e. The van der Waals surface area contributed by atoms with Gasteiger partial charge in [0.05, 0.1) is 5.02 Å². The van der Waals surface area contributed by atoms with Crippen LogP contribution in [0.25, 0.3) is 0 Å². The van der Waals surface area contributed by atoms with Gasteiger partial charge in [-0.2, -0.15) is 0 Å². The largest absolute Gasteiger partial charge is 0.511 e. The lowest BCUT2D eigenvalue weighted by molar-refractivity contribution is 0.142. The molecule has 0 unspecified atom stereocenters. The van der Waals surface area contributed by atoms with Gasteiger partial charge in [0, 0.05) is 5.56 Å². The second-order valence-corrected chi connectivity index (χ2v) is 4.80. The summed E-state index contributed by atoms with van der Waals surface area (Å²) in [7, 11) is 0. The fourth-order valence-electron chi connectivity index (χ4n) is 1.34. The number of hydrogen-bond acceptors (Lipinski definition) is 3. The Morgan fingerprint density at radius 2 is 1.94 bits per heavy atom. The summed E-state index contributed by atoms with van der Waals surface area (Å²) in [6.07, 6.45) is -1.51. The Balaban J connectivity index is 3.33. The summed E-state index contributed by atoms with van der Waals surface area (Å²) < 4.78 is 4.45. The predicted molar refractivity (Wildman–Crippen MR) is 60.5 cm³/mol. The van der Waals surface area contributed by atoms with E-state index in [-0.39, 0.29) is 21.9 Å². The third-order valence-corrected chi connectivity index (χ3v) is 2.38. The second-order valence-electron chi connectivity index (χ2n) is 4.39. The Bertz CT molecular complexity index is 421. The zero-order valence-electron chi connectivity index (χ0n) is 9.24. The molecule has 16 heavy (non-hydrogen) atoms. The van der Waals surface area contributed by atoms with Crippen molar-refractivity contribution in [2.75, 3.05) is 0 Å². The number of halogens is 1. The lowest BCUT2D eigenvalue weighted by Crippen LogP contribution is -2.12. The molecule has 2 N–H and O–H groups in total. The highest BCUT2D eigenvalue weighted by Crippen LogP contribution is 2.42. The topological polar surface area (TPSA) is 66.8 Å². The van der Waals surface area contributed by atoms with E-state index in [4.69, 9.17) is 16.7 Å². The maximum absolute atomic E-state index is 10.4. The molecule has 0 aliphatic heterocycles. The van der Waals surface area contributed by atoms with E-state index in [1.807, 2.05) is 20.8 Å². The number of aromatic hydroxyl groups is 1. The monoisotopic (exact) mass is 244 g/mol. The summed E-state index contributed by atoms with van der Waals surface area (Å²) >= 11 is 5.75. The van der Waals surface area contributed by atoms with Crippen molar-refractivity contribution < 1.29 is 19.7 Å². The first-order valence-corrected chi connectivity index (χ1v) is 5.04. The van der Waals surface area contributed by atoms with Gasteiger partial charge in [0.25, 0.3) is 0 Å². The van der Waals surface area contributed by atoms with E-state index < -0.39 is 6.16 Å². The summed E-state index contributed by atoms with van der Waals surface area (Å²) in [6, 6.07) is 3.15. The van der Waals surface area contributed by atoms with Crippen LogP contribution >= 0.6 is 11.6 Å². The molecule has 0 amide bonds. The molecular weight excluding hydrogens is 232 g/mol. The number of carbonyl (C=O) groups is 1. The van der Waals surface area contributed by atoms with Crippen LogP contribution in [-0.2, 0) is 5.41 Å². The molecule has 88 valence electrons. The van der Waals surface area contributed by atoms with E-state index >= 15 is 0 Å². The molecule has 1 aromatic carbocycles. The smallest absolute Gasteiger partial charge is 0.504 e. The van der Waals surface area contributed by atoms with Crippen LogP contribution < -0.4 is 4.74 Å². The van der Waals surface area contributed by atoms with Crippen LogP contribution in [0.4, 0.5) is 4.79 Å². The van der Waals surface area contributed by atoms with E-state index in [0.29, 0.717) is 5.56 Å². The molecule has 4 nitrogen and oxygen atoms in total. The lowest BCUT2D eigenvalue weighted by atomic mass is 9.86. The van der Waals surface area contributed by atoms with E-state index in [1.54, 1.807) is 6.07 Å². The molecule has 0 saturated heterocycles. The number of benzene rings is 1. The summed E-state index contributed by atoms with van der Waals surface area (Å²) in [5.74, 6) is -0.455. The van der Waals surface area contributed by atoms with Crippen molar-refractivity contribution in [1.29, 1.82) is 0 Å². The van der Waals surface area contributed by atoms with Gasteiger partial charge in [-0.15, -0.1) is 0 Å². The standard InChI is InChI=1S/C11H13ClO4/c1-11(2,3)6-4-5-7(12)9(8(6)13)16-10(14)15/h4-5,13H,1-3H3,(H,14,15). The number of phenolic OH excluding ortho intramolecular Hbond substituents is 1. The van der Waals surface area contributed by atoms with Crippen molar-refractivity contribution in [1.82, 2.24) is 0 Å². The molecule has 0 bridgehead atoms. The Hall–Kier alpha value is -1.42. The molecule has 0 atom stereocenters. The van der Waals surface area contributed by atoms with Gasteiger partial charge in [0.2, 0.25) is 0 Å². The second kappa shape index (κ2) is 4.22. The lowest BCUT2D eigenvalue weighted by Gasteiger charge is -2.21. The van der Waals surface area contributed by atoms with Crippen LogP contribution in [0.1, 0.15) is 26.3 Å². The highest BCUT2D eigenvalue weighted by Gasteiger charge is 2.23. The highest BCUT2D eigenvalue weighted by atomic mass is 35.5. The summed E-state index contributed by atoms with van der Waals surface area (Å²) in [5.41, 5.74) is 0.249. The average Bonchev–Trinajstić information content (AvgIpc) is 2.09. The van der Waals surface area contributed by atoms with Crippen LogP contribution in [-0.4, -0.2) is 16.4 Å². The van der Waals surface area contributed by atoms with Crippen LogP contribution in [0.3, 0.4) is 0 Å². The minimum absolute atomic E-state index is 0.0629. The van der Waals surface area contributed by atoms with Crippen molar-refractivity contribution >= 4 is 17.8 Å². The molecule has 0 aliphatic rings. The Kier molecular flexibility index (Phi) is 3.33. The highest BCUT2D eigenvalue weighted by molar-refractivity contribution is 6.32. The van der Waals surface area contributed by atoms with E-state index in [1.165, 1.54) is 6.07 Å². The minimum Gasteiger partial charge on any atom is -0.504 e. The molecular formula is C11H13ClO4. The molecule has 0 heterocycles. The molecule has 0 radical (unpaired) electrons. The van der Waals surface area contributed by atoms with Gasteiger partial charge >= 0.3 is 6.16 Å². The maximum atomic E-state index is 10.4. The third kappa shape index (κ3) is 2.58. The molecule has 0 fully saturated rings. The van der Waals surface area contributed by atoms with Crippen molar-refractivity contribution in [2.24, 2.45) is 0 Å². The van der Waals surface area contributed by atoms with Crippen molar-refractivity contribution in [3.63, 3.8) is 0 Å². The Labute approximate surface area is 98.4 Å². The predicted octanol–water partition coefficient (Wildman–Crippen LogP) is 3.40. The Morgan fingerprint density at radius 1 is 1.38 bits per heavy atom. The summed E-state index contributed by atoms with van der Waals surface area (Å²) in [5, 5.41) is 18.5. The van der Waals surface area contributed by atoms with Gasteiger partial charge < -0.3 is 14.9 Å². The molecule has 5 heteroatoms. The van der Waals surface area contributed by atoms with Crippen LogP contribution in [0, 0.1) is 0 Å². The van der Waals surface area contributed by atoms with E-state index in [0.717, 1.165) is 0 Å². The molecule has 0 aromatic heterocycles. The Morgan fingerprint density at radius 3 is 2.38 bits per heavy atom.